The van der Waals surface area contributed by atoms with Crippen molar-refractivity contribution in [3.05, 3.63) is 65.5 Å². The van der Waals surface area contributed by atoms with Crippen LogP contribution in [0, 0.1) is 17.6 Å². The number of amides is 1. The zero-order valence-electron chi connectivity index (χ0n) is 14.9. The number of aromatic nitrogens is 1. The smallest absolute Gasteiger partial charge is 0.254 e. The predicted molar refractivity (Wildman–Crippen MR) is 96.2 cm³/mol. The number of hydrogen-bond donors (Lipinski definition) is 0. The molecule has 4 fully saturated rings. The van der Waals surface area contributed by atoms with Crippen molar-refractivity contribution in [3.8, 4) is 0 Å². The molecule has 4 aliphatic rings. The maximum Gasteiger partial charge on any atom is 0.254 e. The number of carbonyl (C=O) groups is 1. The molecule has 3 atom stereocenters. The van der Waals surface area contributed by atoms with Crippen molar-refractivity contribution in [1.29, 1.82) is 0 Å². The molecule has 1 amide bonds. The number of hydrogen-bond acceptors (Lipinski definition) is 3. The molecule has 0 spiro atoms. The Balaban J connectivity index is 1.55. The highest BCUT2D eigenvalue weighted by molar-refractivity contribution is 5.94. The van der Waals surface area contributed by atoms with E-state index in [1.165, 1.54) is 12.1 Å². The van der Waals surface area contributed by atoms with E-state index in [-0.39, 0.29) is 23.9 Å². The Morgan fingerprint density at radius 1 is 1.00 bits per heavy atom. The van der Waals surface area contributed by atoms with Gasteiger partial charge in [-0.25, -0.2) is 8.78 Å². The third-order valence-electron chi connectivity index (χ3n) is 6.50. The average molecular weight is 369 g/mol. The van der Waals surface area contributed by atoms with Gasteiger partial charge in [-0.1, -0.05) is 0 Å². The van der Waals surface area contributed by atoms with Crippen LogP contribution in [0.5, 0.6) is 0 Å². The number of pyridine rings is 1. The van der Waals surface area contributed by atoms with Crippen molar-refractivity contribution >= 4 is 5.91 Å². The highest BCUT2D eigenvalue weighted by Gasteiger charge is 2.54. The molecule has 0 radical (unpaired) electrons. The van der Waals surface area contributed by atoms with Gasteiger partial charge < -0.3 is 4.90 Å². The first-order valence-corrected chi connectivity index (χ1v) is 9.53. The van der Waals surface area contributed by atoms with E-state index < -0.39 is 11.6 Å². The van der Waals surface area contributed by atoms with Crippen molar-refractivity contribution in [3.63, 3.8) is 0 Å². The zero-order chi connectivity index (χ0) is 18.5. The first-order valence-electron chi connectivity index (χ1n) is 9.53. The molecule has 1 aromatic heterocycles. The first kappa shape index (κ1) is 16.8. The Kier molecular flexibility index (Phi) is 3.97. The fourth-order valence-corrected chi connectivity index (χ4v) is 5.40. The van der Waals surface area contributed by atoms with Crippen LogP contribution in [-0.4, -0.2) is 52.4 Å². The lowest BCUT2D eigenvalue weighted by Gasteiger charge is -2.51. The Labute approximate surface area is 156 Å². The molecule has 6 rings (SSSR count). The van der Waals surface area contributed by atoms with Crippen molar-refractivity contribution in [2.75, 3.05) is 19.6 Å². The van der Waals surface area contributed by atoms with Crippen LogP contribution < -0.4 is 0 Å². The molecule has 2 bridgehead atoms. The van der Waals surface area contributed by atoms with Crippen LogP contribution in [0.1, 0.15) is 34.7 Å². The molecular weight excluding hydrogens is 348 g/mol. The summed E-state index contributed by atoms with van der Waals surface area (Å²) in [6.45, 7) is 2.49. The standard InChI is InChI=1S/C21H21F2N3O/c22-16-9-15(10-17(23)11-16)18-12-26(21(27)14-1-5-24-6-2-14)19-13-3-7-25(8-4-13)20(18)19/h1-2,5-6,9-11,13,18-20H,3-4,7-8,12H2/t18-,19+,20+/m1/s1. The Morgan fingerprint density at radius 3 is 2.33 bits per heavy atom. The molecule has 6 heteroatoms. The molecule has 5 heterocycles. The lowest BCUT2D eigenvalue weighted by Crippen LogP contribution is -2.60. The van der Waals surface area contributed by atoms with Crippen molar-refractivity contribution < 1.29 is 13.6 Å². The lowest BCUT2D eigenvalue weighted by molar-refractivity contribution is -0.00343. The molecule has 4 aliphatic heterocycles. The Morgan fingerprint density at radius 2 is 1.67 bits per heavy atom. The number of rotatable bonds is 2. The molecule has 2 aromatic rings. The minimum absolute atomic E-state index is 0.0134. The maximum atomic E-state index is 13.9. The monoisotopic (exact) mass is 369 g/mol. The van der Waals surface area contributed by atoms with Gasteiger partial charge in [-0.2, -0.15) is 0 Å². The second kappa shape index (κ2) is 6.37. The van der Waals surface area contributed by atoms with Crippen LogP contribution in [0.25, 0.3) is 0 Å². The van der Waals surface area contributed by atoms with Gasteiger partial charge in [0.05, 0.1) is 6.04 Å². The number of benzene rings is 1. The van der Waals surface area contributed by atoms with E-state index in [2.05, 4.69) is 9.88 Å². The van der Waals surface area contributed by atoms with Gasteiger partial charge in [0, 0.05) is 42.5 Å². The van der Waals surface area contributed by atoms with E-state index in [0.717, 1.165) is 32.0 Å². The SMILES string of the molecule is O=C(c1ccncc1)N1C[C@H](c2cc(F)cc(F)c2)[C@H]2[C@@H]1C1CCN2CC1. The Hall–Kier alpha value is -2.34. The fraction of sp³-hybridized carbons (Fsp3) is 0.429. The second-order valence-corrected chi connectivity index (χ2v) is 7.86. The van der Waals surface area contributed by atoms with E-state index >= 15 is 0 Å². The van der Waals surface area contributed by atoms with E-state index in [0.29, 0.717) is 23.6 Å². The zero-order valence-corrected chi connectivity index (χ0v) is 14.9. The van der Waals surface area contributed by atoms with E-state index in [4.69, 9.17) is 0 Å². The highest BCUT2D eigenvalue weighted by Crippen LogP contribution is 2.47. The summed E-state index contributed by atoms with van der Waals surface area (Å²) in [6.07, 6.45) is 5.39. The Bertz CT molecular complexity index is 847. The van der Waals surface area contributed by atoms with E-state index in [1.54, 1.807) is 24.5 Å². The number of piperidine rings is 3. The molecular formula is C21H21F2N3O. The van der Waals surface area contributed by atoms with Gasteiger partial charge in [0.25, 0.3) is 5.91 Å². The third kappa shape index (κ3) is 2.74. The quantitative estimate of drug-likeness (QED) is 0.816. The van der Waals surface area contributed by atoms with Crippen LogP contribution >= 0.6 is 0 Å². The van der Waals surface area contributed by atoms with Gasteiger partial charge in [0.2, 0.25) is 0 Å². The van der Waals surface area contributed by atoms with Gasteiger partial charge in [-0.15, -0.1) is 0 Å². The highest BCUT2D eigenvalue weighted by atomic mass is 19.1. The molecule has 27 heavy (non-hydrogen) atoms. The summed E-state index contributed by atoms with van der Waals surface area (Å²) >= 11 is 0. The molecule has 0 saturated carbocycles. The molecule has 0 N–H and O–H groups in total. The summed E-state index contributed by atoms with van der Waals surface area (Å²) in [5.41, 5.74) is 1.27. The molecule has 1 aromatic carbocycles. The normalized spacial score (nSPS) is 31.8. The molecule has 4 saturated heterocycles. The maximum absolute atomic E-state index is 13.9. The summed E-state index contributed by atoms with van der Waals surface area (Å²) in [7, 11) is 0. The van der Waals surface area contributed by atoms with Gasteiger partial charge in [-0.3, -0.25) is 14.7 Å². The fourth-order valence-electron chi connectivity index (χ4n) is 5.40. The summed E-state index contributed by atoms with van der Waals surface area (Å²) in [6, 6.07) is 7.45. The molecule has 0 aliphatic carbocycles. The lowest BCUT2D eigenvalue weighted by atomic mass is 9.75. The van der Waals surface area contributed by atoms with Crippen LogP contribution in [0.4, 0.5) is 8.78 Å². The summed E-state index contributed by atoms with van der Waals surface area (Å²) in [5, 5.41) is 0. The van der Waals surface area contributed by atoms with Crippen LogP contribution in [0.15, 0.2) is 42.7 Å². The largest absolute Gasteiger partial charge is 0.333 e. The minimum atomic E-state index is -0.559. The summed E-state index contributed by atoms with van der Waals surface area (Å²) in [5.74, 6) is -0.753. The van der Waals surface area contributed by atoms with Crippen molar-refractivity contribution in [2.24, 2.45) is 5.92 Å². The summed E-state index contributed by atoms with van der Waals surface area (Å²) in [4.78, 5) is 21.6. The second-order valence-electron chi connectivity index (χ2n) is 7.86. The predicted octanol–water partition coefficient (Wildman–Crippen LogP) is 3.06. The van der Waals surface area contributed by atoms with Crippen molar-refractivity contribution in [2.45, 2.75) is 30.8 Å². The molecule has 0 unspecified atom stereocenters. The topological polar surface area (TPSA) is 36.4 Å². The number of likely N-dealkylation sites (tertiary alicyclic amines) is 1. The average Bonchev–Trinajstić information content (AvgIpc) is 3.11. The first-order chi connectivity index (χ1) is 13.1. The number of fused-ring (bicyclic) bond motifs is 2. The number of carbonyl (C=O) groups excluding carboxylic acids is 1. The van der Waals surface area contributed by atoms with Crippen LogP contribution in [0.2, 0.25) is 0 Å². The van der Waals surface area contributed by atoms with Crippen LogP contribution in [-0.2, 0) is 0 Å². The third-order valence-corrected chi connectivity index (χ3v) is 6.50. The molecule has 4 nitrogen and oxygen atoms in total. The van der Waals surface area contributed by atoms with Gasteiger partial charge >= 0.3 is 0 Å². The van der Waals surface area contributed by atoms with Gasteiger partial charge in [0.15, 0.2) is 0 Å². The van der Waals surface area contributed by atoms with E-state index in [9.17, 15) is 13.6 Å². The number of nitrogens with zero attached hydrogens (tertiary/aromatic N) is 3. The van der Waals surface area contributed by atoms with Crippen molar-refractivity contribution in [1.82, 2.24) is 14.8 Å². The van der Waals surface area contributed by atoms with Gasteiger partial charge in [-0.05, 0) is 61.7 Å². The number of halogens is 2. The van der Waals surface area contributed by atoms with E-state index in [1.807, 2.05) is 4.90 Å². The minimum Gasteiger partial charge on any atom is -0.333 e. The van der Waals surface area contributed by atoms with Crippen LogP contribution in [0.3, 0.4) is 0 Å². The molecule has 140 valence electrons. The van der Waals surface area contributed by atoms with Gasteiger partial charge in [0.1, 0.15) is 11.6 Å². The summed E-state index contributed by atoms with van der Waals surface area (Å²) < 4.78 is 27.7.